The van der Waals surface area contributed by atoms with Crippen LogP contribution in [0.2, 0.25) is 0 Å². The lowest BCUT2D eigenvalue weighted by Crippen LogP contribution is -2.38. The van der Waals surface area contributed by atoms with E-state index in [2.05, 4.69) is 34.3 Å². The quantitative estimate of drug-likeness (QED) is 0.452. The Labute approximate surface area is 216 Å². The molecule has 2 aliphatic heterocycles. The van der Waals surface area contributed by atoms with Crippen LogP contribution in [0.1, 0.15) is 45.7 Å². The van der Waals surface area contributed by atoms with E-state index >= 15 is 0 Å². The summed E-state index contributed by atoms with van der Waals surface area (Å²) >= 11 is 0. The molecular formula is C29H30N4O4. The second kappa shape index (κ2) is 10.7. The number of benzene rings is 2. The molecule has 0 saturated carbocycles. The number of anilines is 1. The minimum absolute atomic E-state index is 0.00978. The number of methoxy groups -OCH3 is 1. The van der Waals surface area contributed by atoms with Crippen molar-refractivity contribution >= 4 is 17.7 Å². The minimum atomic E-state index is -0.376. The van der Waals surface area contributed by atoms with Crippen molar-refractivity contribution in [3.63, 3.8) is 0 Å². The number of amides is 2. The van der Waals surface area contributed by atoms with Gasteiger partial charge in [0.25, 0.3) is 5.91 Å². The van der Waals surface area contributed by atoms with Crippen LogP contribution in [0.3, 0.4) is 0 Å². The molecule has 8 nitrogen and oxygen atoms in total. The standard InChI is InChI=1S/C29H30N4O4/c1-3-16-37-29(35)33-15-13-23-26(19-7-10-22(36-2)11-8-19)32-25-12-9-20(17-24(25)27(23)33)28(34)31-18-21-6-4-5-14-30-21/h3-12,14,17,23,26-27,32H,1,13,15-16,18H2,2H3,(H,31,34)/t23-,26?,27?/m0/s1. The number of pyridine rings is 1. The smallest absolute Gasteiger partial charge is 0.410 e. The Bertz CT molecular complexity index is 1280. The van der Waals surface area contributed by atoms with Crippen molar-refractivity contribution < 1.29 is 19.1 Å². The molecule has 190 valence electrons. The van der Waals surface area contributed by atoms with Crippen LogP contribution >= 0.6 is 0 Å². The molecule has 37 heavy (non-hydrogen) atoms. The van der Waals surface area contributed by atoms with Gasteiger partial charge >= 0.3 is 6.09 Å². The zero-order chi connectivity index (χ0) is 25.8. The van der Waals surface area contributed by atoms with Crippen molar-refractivity contribution in [2.24, 2.45) is 5.92 Å². The third-order valence-electron chi connectivity index (χ3n) is 7.01. The molecule has 1 saturated heterocycles. The Kier molecular flexibility index (Phi) is 7.07. The molecule has 2 N–H and O–H groups in total. The lowest BCUT2D eigenvalue weighted by atomic mass is 9.79. The Morgan fingerprint density at radius 2 is 2.03 bits per heavy atom. The van der Waals surface area contributed by atoms with E-state index in [-0.39, 0.29) is 36.6 Å². The fraction of sp³-hybridized carbons (Fsp3) is 0.276. The zero-order valence-electron chi connectivity index (χ0n) is 20.7. The molecule has 3 atom stereocenters. The van der Waals surface area contributed by atoms with Crippen molar-refractivity contribution in [3.8, 4) is 5.75 Å². The first-order valence-electron chi connectivity index (χ1n) is 12.4. The highest BCUT2D eigenvalue weighted by molar-refractivity contribution is 5.95. The lowest BCUT2D eigenvalue weighted by molar-refractivity contribution is 0.0950. The first-order chi connectivity index (χ1) is 18.1. The second-order valence-electron chi connectivity index (χ2n) is 9.16. The van der Waals surface area contributed by atoms with Gasteiger partial charge in [-0.1, -0.05) is 30.9 Å². The summed E-state index contributed by atoms with van der Waals surface area (Å²) in [5.41, 5.74) is 4.23. The van der Waals surface area contributed by atoms with Gasteiger partial charge in [0.2, 0.25) is 0 Å². The molecular weight excluding hydrogens is 468 g/mol. The van der Waals surface area contributed by atoms with Crippen LogP contribution < -0.4 is 15.4 Å². The Morgan fingerprint density at radius 3 is 2.76 bits per heavy atom. The van der Waals surface area contributed by atoms with Crippen molar-refractivity contribution in [2.45, 2.75) is 25.0 Å². The highest BCUT2D eigenvalue weighted by atomic mass is 16.6. The van der Waals surface area contributed by atoms with Crippen molar-refractivity contribution in [2.75, 3.05) is 25.6 Å². The highest BCUT2D eigenvalue weighted by Gasteiger charge is 2.47. The summed E-state index contributed by atoms with van der Waals surface area (Å²) in [6.45, 7) is 4.70. The number of hydrogen-bond donors (Lipinski definition) is 2. The average molecular weight is 499 g/mol. The van der Waals surface area contributed by atoms with Crippen LogP contribution in [0.15, 0.2) is 79.5 Å². The van der Waals surface area contributed by atoms with Gasteiger partial charge in [0.05, 0.1) is 31.4 Å². The van der Waals surface area contributed by atoms with Gasteiger partial charge in [-0.3, -0.25) is 9.78 Å². The Balaban J connectivity index is 1.45. The topological polar surface area (TPSA) is 92.8 Å². The number of aromatic nitrogens is 1. The van der Waals surface area contributed by atoms with Gasteiger partial charge in [-0.25, -0.2) is 4.79 Å². The maximum absolute atomic E-state index is 13.0. The molecule has 2 amide bonds. The third kappa shape index (κ3) is 5.00. The summed E-state index contributed by atoms with van der Waals surface area (Å²) in [7, 11) is 1.65. The van der Waals surface area contributed by atoms with Gasteiger partial charge in [0.1, 0.15) is 12.4 Å². The second-order valence-corrected chi connectivity index (χ2v) is 9.16. The van der Waals surface area contributed by atoms with Crippen molar-refractivity contribution in [1.82, 2.24) is 15.2 Å². The van der Waals surface area contributed by atoms with Gasteiger partial charge < -0.3 is 25.0 Å². The summed E-state index contributed by atoms with van der Waals surface area (Å²) in [5, 5.41) is 6.61. The number of carbonyl (C=O) groups is 2. The van der Waals surface area contributed by atoms with Crippen LogP contribution in [0.5, 0.6) is 5.75 Å². The molecule has 3 aromatic rings. The van der Waals surface area contributed by atoms with Gasteiger partial charge in [-0.05, 0) is 60.0 Å². The van der Waals surface area contributed by atoms with E-state index in [9.17, 15) is 9.59 Å². The third-order valence-corrected chi connectivity index (χ3v) is 7.01. The fourth-order valence-electron chi connectivity index (χ4n) is 5.25. The van der Waals surface area contributed by atoms with E-state index < -0.39 is 0 Å². The molecule has 0 radical (unpaired) electrons. The van der Waals surface area contributed by atoms with Crippen LogP contribution in [0, 0.1) is 5.92 Å². The molecule has 0 aliphatic carbocycles. The van der Waals surface area contributed by atoms with Crippen LogP contribution in [-0.2, 0) is 11.3 Å². The maximum Gasteiger partial charge on any atom is 0.410 e. The lowest BCUT2D eigenvalue weighted by Gasteiger charge is -2.40. The van der Waals surface area contributed by atoms with E-state index in [1.54, 1.807) is 30.3 Å². The predicted octanol–water partition coefficient (Wildman–Crippen LogP) is 4.87. The van der Waals surface area contributed by atoms with Crippen LogP contribution in [0.4, 0.5) is 10.5 Å². The largest absolute Gasteiger partial charge is 0.497 e. The van der Waals surface area contributed by atoms with Gasteiger partial charge in [-0.2, -0.15) is 0 Å². The van der Waals surface area contributed by atoms with E-state index in [0.717, 1.165) is 34.7 Å². The molecule has 5 rings (SSSR count). The minimum Gasteiger partial charge on any atom is -0.497 e. The maximum atomic E-state index is 13.0. The predicted molar refractivity (Wildman–Crippen MR) is 140 cm³/mol. The molecule has 8 heteroatoms. The SMILES string of the molecule is C=CCOC(=O)N1CC[C@H]2C(c3ccc(OC)cc3)Nc3ccc(C(=O)NCc4ccccn4)cc3C21. The zero-order valence-corrected chi connectivity index (χ0v) is 20.7. The van der Waals surface area contributed by atoms with Crippen molar-refractivity contribution in [3.05, 3.63) is 102 Å². The van der Waals surface area contributed by atoms with E-state index in [4.69, 9.17) is 9.47 Å². The number of likely N-dealkylation sites (tertiary alicyclic amines) is 1. The first-order valence-corrected chi connectivity index (χ1v) is 12.4. The summed E-state index contributed by atoms with van der Waals surface area (Å²) in [5.74, 6) is 0.698. The molecule has 1 fully saturated rings. The summed E-state index contributed by atoms with van der Waals surface area (Å²) in [6, 6.07) is 19.0. The molecule has 0 bridgehead atoms. The normalized spacial score (nSPS) is 19.7. The molecule has 0 spiro atoms. The van der Waals surface area contributed by atoms with E-state index in [1.165, 1.54) is 0 Å². The first kappa shape index (κ1) is 24.4. The number of ether oxygens (including phenoxy) is 2. The number of rotatable bonds is 7. The summed E-state index contributed by atoms with van der Waals surface area (Å²) in [6.07, 6.45) is 3.68. The Hall–Kier alpha value is -4.33. The number of carbonyl (C=O) groups excluding carboxylic acids is 2. The Morgan fingerprint density at radius 1 is 1.19 bits per heavy atom. The van der Waals surface area contributed by atoms with Gasteiger partial charge in [-0.15, -0.1) is 0 Å². The summed E-state index contributed by atoms with van der Waals surface area (Å²) in [4.78, 5) is 32.1. The molecule has 2 aromatic carbocycles. The van der Waals surface area contributed by atoms with E-state index in [1.807, 2.05) is 42.5 Å². The number of fused-ring (bicyclic) bond motifs is 3. The van der Waals surface area contributed by atoms with E-state index in [0.29, 0.717) is 18.7 Å². The monoisotopic (exact) mass is 498 g/mol. The van der Waals surface area contributed by atoms with Crippen LogP contribution in [-0.4, -0.2) is 42.1 Å². The van der Waals surface area contributed by atoms with Crippen molar-refractivity contribution in [1.29, 1.82) is 0 Å². The number of nitrogens with zero attached hydrogens (tertiary/aromatic N) is 2. The molecule has 1 aromatic heterocycles. The molecule has 3 heterocycles. The van der Waals surface area contributed by atoms with Gasteiger partial charge in [0.15, 0.2) is 0 Å². The fourth-order valence-corrected chi connectivity index (χ4v) is 5.25. The summed E-state index contributed by atoms with van der Waals surface area (Å²) < 4.78 is 10.8. The van der Waals surface area contributed by atoms with Crippen LogP contribution in [0.25, 0.3) is 0 Å². The average Bonchev–Trinajstić information content (AvgIpc) is 3.40. The number of nitrogens with one attached hydrogen (secondary N) is 2. The highest BCUT2D eigenvalue weighted by Crippen LogP contribution is 2.51. The number of hydrogen-bond acceptors (Lipinski definition) is 6. The molecule has 2 aliphatic rings. The molecule has 2 unspecified atom stereocenters. The van der Waals surface area contributed by atoms with Gasteiger partial charge in [0, 0.05) is 29.9 Å².